The molecular weight excluding hydrogens is 281 g/mol. The summed E-state index contributed by atoms with van der Waals surface area (Å²) in [5.41, 5.74) is 2.10. The number of hydrogen-bond donors (Lipinski definition) is 1. The molecule has 2 aromatic rings. The van der Waals surface area contributed by atoms with Crippen LogP contribution in [-0.2, 0) is 0 Å². The van der Waals surface area contributed by atoms with Crippen LogP contribution in [0, 0.1) is 0 Å². The molecule has 2 rings (SSSR count). The molecule has 0 amide bonds. The van der Waals surface area contributed by atoms with E-state index >= 15 is 0 Å². The minimum Gasteiger partial charge on any atom is -0.496 e. The molecule has 0 aliphatic heterocycles. The van der Waals surface area contributed by atoms with E-state index in [1.165, 1.54) is 0 Å². The summed E-state index contributed by atoms with van der Waals surface area (Å²) in [4.78, 5) is 0. The summed E-state index contributed by atoms with van der Waals surface area (Å²) in [6, 6.07) is 13.4. The molecule has 0 saturated carbocycles. The van der Waals surface area contributed by atoms with Crippen molar-refractivity contribution in [1.82, 2.24) is 5.32 Å². The third kappa shape index (κ3) is 3.21. The van der Waals surface area contributed by atoms with Crippen LogP contribution >= 0.6 is 23.2 Å². The van der Waals surface area contributed by atoms with E-state index in [-0.39, 0.29) is 6.04 Å². The molecule has 0 fully saturated rings. The summed E-state index contributed by atoms with van der Waals surface area (Å²) in [5.74, 6) is 0.756. The summed E-state index contributed by atoms with van der Waals surface area (Å²) in [6.45, 7) is 0. The molecule has 100 valence electrons. The Morgan fingerprint density at radius 3 is 2.42 bits per heavy atom. The normalized spacial score (nSPS) is 12.2. The smallest absolute Gasteiger partial charge is 0.125 e. The van der Waals surface area contributed by atoms with E-state index in [4.69, 9.17) is 27.9 Å². The second-order valence-electron chi connectivity index (χ2n) is 4.16. The predicted molar refractivity (Wildman–Crippen MR) is 80.4 cm³/mol. The first-order chi connectivity index (χ1) is 9.15. The minimum atomic E-state index is 0.00548. The highest BCUT2D eigenvalue weighted by Gasteiger charge is 2.17. The van der Waals surface area contributed by atoms with E-state index in [1.54, 1.807) is 7.11 Å². The van der Waals surface area contributed by atoms with Crippen molar-refractivity contribution >= 4 is 23.2 Å². The number of nitrogens with one attached hydrogen (secondary N) is 1. The van der Waals surface area contributed by atoms with Gasteiger partial charge in [0, 0.05) is 15.6 Å². The number of hydrogen-bond acceptors (Lipinski definition) is 2. The maximum Gasteiger partial charge on any atom is 0.125 e. The molecule has 0 aliphatic carbocycles. The van der Waals surface area contributed by atoms with Gasteiger partial charge in [0.25, 0.3) is 0 Å². The Balaban J connectivity index is 2.48. The molecule has 4 heteroatoms. The van der Waals surface area contributed by atoms with Gasteiger partial charge in [-0.05, 0) is 36.9 Å². The monoisotopic (exact) mass is 295 g/mol. The molecule has 19 heavy (non-hydrogen) atoms. The van der Waals surface area contributed by atoms with E-state index in [1.807, 2.05) is 49.5 Å². The minimum absolute atomic E-state index is 0.00548. The van der Waals surface area contributed by atoms with Gasteiger partial charge in [-0.2, -0.15) is 0 Å². The zero-order valence-corrected chi connectivity index (χ0v) is 12.3. The Labute approximate surface area is 123 Å². The topological polar surface area (TPSA) is 21.3 Å². The fourth-order valence-electron chi connectivity index (χ4n) is 2.11. The maximum absolute atomic E-state index is 6.05. The summed E-state index contributed by atoms with van der Waals surface area (Å²) in [5, 5.41) is 4.64. The van der Waals surface area contributed by atoms with Crippen LogP contribution in [0.3, 0.4) is 0 Å². The summed E-state index contributed by atoms with van der Waals surface area (Å²) >= 11 is 12.0. The highest BCUT2D eigenvalue weighted by Crippen LogP contribution is 2.32. The van der Waals surface area contributed by atoms with Crippen molar-refractivity contribution < 1.29 is 4.74 Å². The van der Waals surface area contributed by atoms with E-state index < -0.39 is 0 Å². The molecule has 0 radical (unpaired) electrons. The van der Waals surface area contributed by atoms with Crippen LogP contribution in [0.5, 0.6) is 5.75 Å². The fraction of sp³-hybridized carbons (Fsp3) is 0.200. The zero-order valence-electron chi connectivity index (χ0n) is 10.8. The van der Waals surface area contributed by atoms with Gasteiger partial charge < -0.3 is 10.1 Å². The number of halogens is 2. The van der Waals surface area contributed by atoms with Gasteiger partial charge >= 0.3 is 0 Å². The SMILES string of the molecule is CNC(c1cccc(Cl)c1)c1ccc(Cl)cc1OC. The lowest BCUT2D eigenvalue weighted by atomic mass is 9.98. The van der Waals surface area contributed by atoms with Gasteiger partial charge in [0.15, 0.2) is 0 Å². The van der Waals surface area contributed by atoms with E-state index in [0.29, 0.717) is 10.0 Å². The lowest BCUT2D eigenvalue weighted by molar-refractivity contribution is 0.405. The van der Waals surface area contributed by atoms with Crippen molar-refractivity contribution in [2.45, 2.75) is 6.04 Å². The van der Waals surface area contributed by atoms with Crippen LogP contribution < -0.4 is 10.1 Å². The van der Waals surface area contributed by atoms with Crippen LogP contribution in [0.25, 0.3) is 0 Å². The maximum atomic E-state index is 6.05. The van der Waals surface area contributed by atoms with Crippen molar-refractivity contribution in [2.75, 3.05) is 14.2 Å². The van der Waals surface area contributed by atoms with Crippen molar-refractivity contribution in [3.63, 3.8) is 0 Å². The first kappa shape index (κ1) is 14.2. The number of rotatable bonds is 4. The molecule has 2 aromatic carbocycles. The molecule has 0 heterocycles. The summed E-state index contributed by atoms with van der Waals surface area (Å²) in [7, 11) is 3.54. The van der Waals surface area contributed by atoms with Gasteiger partial charge in [-0.25, -0.2) is 0 Å². The van der Waals surface area contributed by atoms with Gasteiger partial charge in [0.2, 0.25) is 0 Å². The lowest BCUT2D eigenvalue weighted by Crippen LogP contribution is -2.18. The van der Waals surface area contributed by atoms with Gasteiger partial charge in [-0.1, -0.05) is 41.4 Å². The third-order valence-corrected chi connectivity index (χ3v) is 3.45. The highest BCUT2D eigenvalue weighted by atomic mass is 35.5. The number of benzene rings is 2. The van der Waals surface area contributed by atoms with Crippen LogP contribution in [0.15, 0.2) is 42.5 Å². The van der Waals surface area contributed by atoms with Gasteiger partial charge in [0.05, 0.1) is 13.2 Å². The quantitative estimate of drug-likeness (QED) is 0.907. The predicted octanol–water partition coefficient (Wildman–Crippen LogP) is 4.31. The standard InChI is InChI=1S/C15H15Cl2NO/c1-18-15(10-4-3-5-11(16)8-10)13-7-6-12(17)9-14(13)19-2/h3-9,15,18H,1-2H3. The Kier molecular flexibility index (Phi) is 4.70. The Bertz CT molecular complexity index is 572. The Morgan fingerprint density at radius 2 is 1.79 bits per heavy atom. The first-order valence-electron chi connectivity index (χ1n) is 5.92. The Hall–Kier alpha value is -1.22. The lowest BCUT2D eigenvalue weighted by Gasteiger charge is -2.20. The fourth-order valence-corrected chi connectivity index (χ4v) is 2.47. The second-order valence-corrected chi connectivity index (χ2v) is 5.04. The van der Waals surface area contributed by atoms with Gasteiger partial charge in [-0.3, -0.25) is 0 Å². The van der Waals surface area contributed by atoms with Crippen LogP contribution in [-0.4, -0.2) is 14.2 Å². The van der Waals surface area contributed by atoms with Crippen LogP contribution in [0.4, 0.5) is 0 Å². The van der Waals surface area contributed by atoms with Crippen LogP contribution in [0.1, 0.15) is 17.2 Å². The molecule has 1 unspecified atom stereocenters. The van der Waals surface area contributed by atoms with Crippen molar-refractivity contribution in [3.05, 3.63) is 63.6 Å². The molecule has 0 bridgehead atoms. The average Bonchev–Trinajstić information content (AvgIpc) is 2.41. The molecule has 0 saturated heterocycles. The Morgan fingerprint density at radius 1 is 1.05 bits per heavy atom. The highest BCUT2D eigenvalue weighted by molar-refractivity contribution is 6.31. The van der Waals surface area contributed by atoms with E-state index in [2.05, 4.69) is 5.32 Å². The van der Waals surface area contributed by atoms with Crippen molar-refractivity contribution in [1.29, 1.82) is 0 Å². The van der Waals surface area contributed by atoms with Crippen LogP contribution in [0.2, 0.25) is 10.0 Å². The van der Waals surface area contributed by atoms with Gasteiger partial charge in [-0.15, -0.1) is 0 Å². The molecule has 1 atom stereocenters. The molecule has 1 N–H and O–H groups in total. The number of methoxy groups -OCH3 is 1. The average molecular weight is 296 g/mol. The number of ether oxygens (including phenoxy) is 1. The van der Waals surface area contributed by atoms with Crippen molar-refractivity contribution in [3.8, 4) is 5.75 Å². The molecule has 2 nitrogen and oxygen atoms in total. The largest absolute Gasteiger partial charge is 0.496 e. The van der Waals surface area contributed by atoms with E-state index in [9.17, 15) is 0 Å². The molecular formula is C15H15Cl2NO. The zero-order chi connectivity index (χ0) is 13.8. The second kappa shape index (κ2) is 6.29. The first-order valence-corrected chi connectivity index (χ1v) is 6.67. The van der Waals surface area contributed by atoms with Crippen molar-refractivity contribution in [2.24, 2.45) is 0 Å². The molecule has 0 aromatic heterocycles. The third-order valence-electron chi connectivity index (χ3n) is 2.98. The molecule has 0 aliphatic rings. The summed E-state index contributed by atoms with van der Waals surface area (Å²) < 4.78 is 5.40. The summed E-state index contributed by atoms with van der Waals surface area (Å²) in [6.07, 6.45) is 0. The van der Waals surface area contributed by atoms with Gasteiger partial charge in [0.1, 0.15) is 5.75 Å². The molecule has 0 spiro atoms. The van der Waals surface area contributed by atoms with E-state index in [0.717, 1.165) is 16.9 Å².